The Balaban J connectivity index is 1.95. The summed E-state index contributed by atoms with van der Waals surface area (Å²) in [4.78, 5) is 16.0. The summed E-state index contributed by atoms with van der Waals surface area (Å²) in [7, 11) is 0. The number of thiophene rings is 1. The fourth-order valence-electron chi connectivity index (χ4n) is 1.98. The number of aromatic nitrogens is 1. The molecule has 2 heterocycles. The van der Waals surface area contributed by atoms with Crippen LogP contribution in [0.2, 0.25) is 0 Å². The number of amides is 1. The molecule has 2 aromatic heterocycles. The molecule has 0 atom stereocenters. The number of hydrogen-bond acceptors (Lipinski definition) is 2. The first-order valence-electron chi connectivity index (χ1n) is 5.67. The molecule has 1 aromatic carbocycles. The molecule has 0 bridgehead atoms. The smallest absolute Gasteiger partial charge is 0.266 e. The average molecular weight is 256 g/mol. The van der Waals surface area contributed by atoms with Crippen LogP contribution in [0, 0.1) is 6.92 Å². The molecule has 0 radical (unpaired) electrons. The van der Waals surface area contributed by atoms with Crippen LogP contribution < -0.4 is 5.32 Å². The van der Waals surface area contributed by atoms with Gasteiger partial charge in [0.2, 0.25) is 0 Å². The largest absolute Gasteiger partial charge is 0.361 e. The lowest BCUT2D eigenvalue weighted by Gasteiger charge is -2.06. The summed E-state index contributed by atoms with van der Waals surface area (Å²) in [5.74, 6) is -0.0452. The minimum absolute atomic E-state index is 0.0452. The van der Waals surface area contributed by atoms with E-state index in [1.54, 1.807) is 0 Å². The summed E-state index contributed by atoms with van der Waals surface area (Å²) < 4.78 is 0. The molecule has 4 heteroatoms. The van der Waals surface area contributed by atoms with E-state index in [-0.39, 0.29) is 5.91 Å². The molecule has 3 aromatic rings. The Labute approximate surface area is 108 Å². The number of hydrogen-bond donors (Lipinski definition) is 2. The summed E-state index contributed by atoms with van der Waals surface area (Å²) >= 11 is 1.46. The Morgan fingerprint density at radius 2 is 2.17 bits per heavy atom. The third-order valence-corrected chi connectivity index (χ3v) is 3.93. The van der Waals surface area contributed by atoms with Gasteiger partial charge in [-0.2, -0.15) is 0 Å². The number of nitrogens with one attached hydrogen (secondary N) is 2. The molecule has 0 aliphatic heterocycles. The predicted octanol–water partition coefficient (Wildman–Crippen LogP) is 3.79. The molecule has 0 aliphatic carbocycles. The van der Waals surface area contributed by atoms with Crippen molar-refractivity contribution in [3.8, 4) is 0 Å². The Bertz CT molecular complexity index is 711. The fourth-order valence-corrected chi connectivity index (χ4v) is 2.80. The van der Waals surface area contributed by atoms with Crippen molar-refractivity contribution in [1.82, 2.24) is 4.98 Å². The number of fused-ring (bicyclic) bond motifs is 1. The zero-order chi connectivity index (χ0) is 12.5. The zero-order valence-electron chi connectivity index (χ0n) is 9.86. The standard InChI is InChI=1S/C14H12N2OS/c1-9-6-8-18-13(9)14(17)16-12-4-2-3-11-10(12)5-7-15-11/h2-8,15H,1H3,(H,16,17). The first-order chi connectivity index (χ1) is 8.75. The van der Waals surface area contributed by atoms with Crippen molar-refractivity contribution in [1.29, 1.82) is 0 Å². The van der Waals surface area contributed by atoms with E-state index in [9.17, 15) is 4.79 Å². The van der Waals surface area contributed by atoms with Crippen LogP contribution in [0.25, 0.3) is 10.9 Å². The van der Waals surface area contributed by atoms with Crippen LogP contribution in [0.4, 0.5) is 5.69 Å². The van der Waals surface area contributed by atoms with Crippen LogP contribution in [0.5, 0.6) is 0 Å². The number of anilines is 1. The van der Waals surface area contributed by atoms with Gasteiger partial charge in [-0.05, 0) is 42.1 Å². The van der Waals surface area contributed by atoms with E-state index < -0.39 is 0 Å². The average Bonchev–Trinajstić information content (AvgIpc) is 2.97. The third kappa shape index (κ3) is 1.80. The quantitative estimate of drug-likeness (QED) is 0.720. The number of carbonyl (C=O) groups excluding carboxylic acids is 1. The summed E-state index contributed by atoms with van der Waals surface area (Å²) in [6.07, 6.45) is 1.87. The van der Waals surface area contributed by atoms with E-state index in [2.05, 4.69) is 10.3 Å². The lowest BCUT2D eigenvalue weighted by atomic mass is 10.2. The lowest BCUT2D eigenvalue weighted by molar-refractivity contribution is 0.103. The van der Waals surface area contributed by atoms with Crippen LogP contribution in [0.15, 0.2) is 41.9 Å². The minimum Gasteiger partial charge on any atom is -0.361 e. The van der Waals surface area contributed by atoms with Gasteiger partial charge in [-0.15, -0.1) is 11.3 Å². The van der Waals surface area contributed by atoms with Gasteiger partial charge in [0.15, 0.2) is 0 Å². The Hall–Kier alpha value is -2.07. The van der Waals surface area contributed by atoms with Crippen molar-refractivity contribution in [2.24, 2.45) is 0 Å². The van der Waals surface area contributed by atoms with Gasteiger partial charge in [0.25, 0.3) is 5.91 Å². The van der Waals surface area contributed by atoms with E-state index in [0.29, 0.717) is 0 Å². The second-order valence-electron chi connectivity index (χ2n) is 4.13. The summed E-state index contributed by atoms with van der Waals surface area (Å²) in [6, 6.07) is 9.75. The van der Waals surface area contributed by atoms with Crippen molar-refractivity contribution in [3.63, 3.8) is 0 Å². The van der Waals surface area contributed by atoms with Crippen molar-refractivity contribution in [3.05, 3.63) is 52.3 Å². The summed E-state index contributed by atoms with van der Waals surface area (Å²) in [5, 5.41) is 5.93. The van der Waals surface area contributed by atoms with Crippen LogP contribution in [0.1, 0.15) is 15.2 Å². The monoisotopic (exact) mass is 256 g/mol. The maximum Gasteiger partial charge on any atom is 0.266 e. The van der Waals surface area contributed by atoms with E-state index in [1.165, 1.54) is 11.3 Å². The highest BCUT2D eigenvalue weighted by Crippen LogP contribution is 2.24. The molecular formula is C14H12N2OS. The zero-order valence-corrected chi connectivity index (χ0v) is 10.7. The second kappa shape index (κ2) is 4.31. The molecular weight excluding hydrogens is 244 g/mol. The molecule has 3 nitrogen and oxygen atoms in total. The molecule has 0 unspecified atom stereocenters. The van der Waals surface area contributed by atoms with Gasteiger partial charge in [-0.25, -0.2) is 0 Å². The molecule has 0 saturated carbocycles. The number of aromatic amines is 1. The lowest BCUT2D eigenvalue weighted by Crippen LogP contribution is -2.11. The number of rotatable bonds is 2. The van der Waals surface area contributed by atoms with Crippen LogP contribution in [-0.2, 0) is 0 Å². The highest BCUT2D eigenvalue weighted by atomic mass is 32.1. The fraction of sp³-hybridized carbons (Fsp3) is 0.0714. The van der Waals surface area contributed by atoms with Gasteiger partial charge in [0.1, 0.15) is 0 Å². The van der Waals surface area contributed by atoms with Gasteiger partial charge in [-0.1, -0.05) is 6.07 Å². The van der Waals surface area contributed by atoms with E-state index in [0.717, 1.165) is 27.0 Å². The molecule has 18 heavy (non-hydrogen) atoms. The Morgan fingerprint density at radius 3 is 2.94 bits per heavy atom. The Kier molecular flexibility index (Phi) is 2.64. The molecule has 3 rings (SSSR count). The van der Waals surface area contributed by atoms with E-state index >= 15 is 0 Å². The second-order valence-corrected chi connectivity index (χ2v) is 5.05. The summed E-state index contributed by atoms with van der Waals surface area (Å²) in [5.41, 5.74) is 2.88. The van der Waals surface area contributed by atoms with Crippen molar-refractivity contribution >= 4 is 33.8 Å². The topological polar surface area (TPSA) is 44.9 Å². The molecule has 2 N–H and O–H groups in total. The highest BCUT2D eigenvalue weighted by molar-refractivity contribution is 7.12. The maximum atomic E-state index is 12.2. The predicted molar refractivity (Wildman–Crippen MR) is 75.3 cm³/mol. The summed E-state index contributed by atoms with van der Waals surface area (Å²) in [6.45, 7) is 1.95. The van der Waals surface area contributed by atoms with Crippen molar-refractivity contribution < 1.29 is 4.79 Å². The van der Waals surface area contributed by atoms with Gasteiger partial charge in [0.05, 0.1) is 10.6 Å². The molecule has 0 fully saturated rings. The van der Waals surface area contributed by atoms with Crippen LogP contribution in [0.3, 0.4) is 0 Å². The first-order valence-corrected chi connectivity index (χ1v) is 6.55. The maximum absolute atomic E-state index is 12.2. The van der Waals surface area contributed by atoms with Crippen LogP contribution >= 0.6 is 11.3 Å². The number of H-pyrrole nitrogens is 1. The molecule has 0 aliphatic rings. The molecule has 0 saturated heterocycles. The van der Waals surface area contributed by atoms with Gasteiger partial charge < -0.3 is 10.3 Å². The molecule has 90 valence electrons. The minimum atomic E-state index is -0.0452. The van der Waals surface area contributed by atoms with Crippen molar-refractivity contribution in [2.75, 3.05) is 5.32 Å². The number of benzene rings is 1. The van der Waals surface area contributed by atoms with Gasteiger partial charge >= 0.3 is 0 Å². The van der Waals surface area contributed by atoms with Gasteiger partial charge in [0, 0.05) is 17.1 Å². The van der Waals surface area contributed by atoms with Gasteiger partial charge in [-0.3, -0.25) is 4.79 Å². The van der Waals surface area contributed by atoms with E-state index in [1.807, 2.05) is 48.8 Å². The highest BCUT2D eigenvalue weighted by Gasteiger charge is 2.12. The third-order valence-electron chi connectivity index (χ3n) is 2.91. The Morgan fingerprint density at radius 1 is 1.28 bits per heavy atom. The number of carbonyl (C=O) groups is 1. The SMILES string of the molecule is Cc1ccsc1C(=O)Nc1cccc2[nH]ccc12. The van der Waals surface area contributed by atoms with E-state index in [4.69, 9.17) is 0 Å². The molecule has 0 spiro atoms. The molecule has 1 amide bonds. The number of aryl methyl sites for hydroxylation is 1. The first kappa shape index (κ1) is 11.0. The van der Waals surface area contributed by atoms with Crippen LogP contribution in [-0.4, -0.2) is 10.9 Å². The normalized spacial score (nSPS) is 10.7. The van der Waals surface area contributed by atoms with Crippen molar-refractivity contribution in [2.45, 2.75) is 6.92 Å².